The fourth-order valence-electron chi connectivity index (χ4n) is 2.69. The molecule has 1 aromatic heterocycles. The molecule has 114 valence electrons. The molecule has 6 nitrogen and oxygen atoms in total. The molecule has 2 aliphatic rings. The van der Waals surface area contributed by atoms with Crippen molar-refractivity contribution >= 4 is 5.91 Å². The van der Waals surface area contributed by atoms with E-state index < -0.39 is 0 Å². The van der Waals surface area contributed by atoms with Gasteiger partial charge in [0.05, 0.1) is 6.04 Å². The fraction of sp³-hybridized carbons (Fsp3) is 0.667. The number of carbonyl (C=O) groups excluding carboxylic acids is 1. The third-order valence-electron chi connectivity index (χ3n) is 4.28. The van der Waals surface area contributed by atoms with E-state index in [1.54, 1.807) is 6.33 Å². The molecule has 1 unspecified atom stereocenters. The molecule has 0 aromatic carbocycles. The van der Waals surface area contributed by atoms with Crippen LogP contribution in [0.25, 0.3) is 0 Å². The molecular formula is C15H23N5O. The van der Waals surface area contributed by atoms with E-state index in [1.807, 2.05) is 19.3 Å². The van der Waals surface area contributed by atoms with Crippen molar-refractivity contribution in [3.63, 3.8) is 0 Å². The van der Waals surface area contributed by atoms with Gasteiger partial charge in [-0.25, -0.2) is 9.97 Å². The third kappa shape index (κ3) is 3.98. The highest BCUT2D eigenvalue weighted by Gasteiger charge is 2.29. The maximum atomic E-state index is 12.1. The molecule has 3 rings (SSSR count). The van der Waals surface area contributed by atoms with Crippen LogP contribution in [0.1, 0.15) is 25.3 Å². The lowest BCUT2D eigenvalue weighted by Gasteiger charge is -2.37. The van der Waals surface area contributed by atoms with Crippen molar-refractivity contribution in [2.75, 3.05) is 26.2 Å². The molecule has 1 aliphatic carbocycles. The Morgan fingerprint density at radius 3 is 2.57 bits per heavy atom. The number of nitrogens with one attached hydrogen (secondary N) is 1. The van der Waals surface area contributed by atoms with E-state index in [4.69, 9.17) is 0 Å². The summed E-state index contributed by atoms with van der Waals surface area (Å²) >= 11 is 0. The molecule has 1 amide bonds. The van der Waals surface area contributed by atoms with E-state index >= 15 is 0 Å². The van der Waals surface area contributed by atoms with Gasteiger partial charge in [0.2, 0.25) is 5.91 Å². The minimum atomic E-state index is -0.0205. The molecule has 1 N–H and O–H groups in total. The van der Waals surface area contributed by atoms with Gasteiger partial charge in [0.25, 0.3) is 0 Å². The summed E-state index contributed by atoms with van der Waals surface area (Å²) in [6.45, 7) is 6.74. The largest absolute Gasteiger partial charge is 0.352 e. The highest BCUT2D eigenvalue weighted by atomic mass is 16.2. The lowest BCUT2D eigenvalue weighted by molar-refractivity contribution is -0.126. The van der Waals surface area contributed by atoms with Crippen LogP contribution in [0.15, 0.2) is 18.7 Å². The van der Waals surface area contributed by atoms with Crippen LogP contribution in [0.4, 0.5) is 0 Å². The normalized spacial score (nSPS) is 22.0. The smallest absolute Gasteiger partial charge is 0.237 e. The molecule has 0 bridgehead atoms. The van der Waals surface area contributed by atoms with Gasteiger partial charge in [-0.3, -0.25) is 14.6 Å². The highest BCUT2D eigenvalue weighted by molar-refractivity contribution is 5.81. The second-order valence-corrected chi connectivity index (χ2v) is 6.02. The monoisotopic (exact) mass is 289 g/mol. The van der Waals surface area contributed by atoms with E-state index in [0.717, 1.165) is 51.1 Å². The Labute approximate surface area is 125 Å². The van der Waals surface area contributed by atoms with Gasteiger partial charge in [-0.2, -0.15) is 0 Å². The average Bonchev–Trinajstić information content (AvgIpc) is 3.32. The van der Waals surface area contributed by atoms with E-state index in [2.05, 4.69) is 25.1 Å². The summed E-state index contributed by atoms with van der Waals surface area (Å²) in [5.41, 5.74) is 1.14. The SMILES string of the molecule is CC(C(=O)NC1CC1)N1CCN(Cc2cncnc2)CC1. The number of hydrogen-bond acceptors (Lipinski definition) is 5. The Morgan fingerprint density at radius 1 is 1.29 bits per heavy atom. The highest BCUT2D eigenvalue weighted by Crippen LogP contribution is 2.19. The van der Waals surface area contributed by atoms with Crippen LogP contribution in [0.3, 0.4) is 0 Å². The minimum Gasteiger partial charge on any atom is -0.352 e. The first-order valence-corrected chi connectivity index (χ1v) is 7.73. The van der Waals surface area contributed by atoms with Gasteiger partial charge in [-0.15, -0.1) is 0 Å². The molecule has 1 saturated carbocycles. The van der Waals surface area contributed by atoms with Crippen LogP contribution in [0.5, 0.6) is 0 Å². The van der Waals surface area contributed by atoms with Crippen molar-refractivity contribution in [2.45, 2.75) is 38.4 Å². The van der Waals surface area contributed by atoms with Gasteiger partial charge >= 0.3 is 0 Å². The average molecular weight is 289 g/mol. The zero-order chi connectivity index (χ0) is 14.7. The van der Waals surface area contributed by atoms with Crippen LogP contribution < -0.4 is 5.32 Å². The zero-order valence-electron chi connectivity index (χ0n) is 12.5. The summed E-state index contributed by atoms with van der Waals surface area (Å²) in [6, 6.07) is 0.423. The molecule has 21 heavy (non-hydrogen) atoms. The first kappa shape index (κ1) is 14.4. The predicted octanol–water partition coefficient (Wildman–Crippen LogP) is 0.261. The van der Waals surface area contributed by atoms with Crippen molar-refractivity contribution < 1.29 is 4.79 Å². The fourth-order valence-corrected chi connectivity index (χ4v) is 2.69. The Kier molecular flexibility index (Phi) is 4.45. The van der Waals surface area contributed by atoms with Gasteiger partial charge in [0.15, 0.2) is 0 Å². The van der Waals surface area contributed by atoms with Crippen LogP contribution in [0, 0.1) is 0 Å². The van der Waals surface area contributed by atoms with Gasteiger partial charge < -0.3 is 5.32 Å². The molecule has 1 atom stereocenters. The van der Waals surface area contributed by atoms with Crippen LogP contribution in [-0.2, 0) is 11.3 Å². The maximum Gasteiger partial charge on any atom is 0.237 e. The topological polar surface area (TPSA) is 61.4 Å². The maximum absolute atomic E-state index is 12.1. The number of hydrogen-bond donors (Lipinski definition) is 1. The number of carbonyl (C=O) groups is 1. The van der Waals surface area contributed by atoms with Crippen molar-refractivity contribution in [1.82, 2.24) is 25.1 Å². The number of rotatable bonds is 5. The summed E-state index contributed by atoms with van der Waals surface area (Å²) in [5.74, 6) is 0.183. The van der Waals surface area contributed by atoms with Crippen LogP contribution in [0.2, 0.25) is 0 Å². The van der Waals surface area contributed by atoms with Crippen LogP contribution in [-0.4, -0.2) is 63.9 Å². The second-order valence-electron chi connectivity index (χ2n) is 6.02. The number of amides is 1. The number of piperazine rings is 1. The Hall–Kier alpha value is -1.53. The third-order valence-corrected chi connectivity index (χ3v) is 4.28. The van der Waals surface area contributed by atoms with E-state index in [9.17, 15) is 4.79 Å². The molecule has 2 fully saturated rings. The standard InChI is InChI=1S/C15H23N5O/c1-12(15(21)18-14-2-3-14)20-6-4-19(5-7-20)10-13-8-16-11-17-9-13/h8-9,11-12,14H,2-7,10H2,1H3,(H,18,21). The molecule has 0 radical (unpaired) electrons. The summed E-state index contributed by atoms with van der Waals surface area (Å²) in [7, 11) is 0. The van der Waals surface area contributed by atoms with E-state index in [1.165, 1.54) is 0 Å². The number of nitrogens with zero attached hydrogens (tertiary/aromatic N) is 4. The van der Waals surface area contributed by atoms with E-state index in [0.29, 0.717) is 6.04 Å². The minimum absolute atomic E-state index is 0.0205. The zero-order valence-corrected chi connectivity index (χ0v) is 12.5. The van der Waals surface area contributed by atoms with Crippen molar-refractivity contribution in [2.24, 2.45) is 0 Å². The summed E-state index contributed by atoms with van der Waals surface area (Å²) in [4.78, 5) is 24.8. The first-order chi connectivity index (χ1) is 10.2. The molecule has 1 saturated heterocycles. The molecule has 1 aromatic rings. The Bertz CT molecular complexity index is 468. The van der Waals surface area contributed by atoms with Crippen molar-refractivity contribution in [3.05, 3.63) is 24.3 Å². The Morgan fingerprint density at radius 2 is 1.95 bits per heavy atom. The van der Waals surface area contributed by atoms with E-state index in [-0.39, 0.29) is 11.9 Å². The van der Waals surface area contributed by atoms with Gasteiger partial charge in [0.1, 0.15) is 6.33 Å². The quantitative estimate of drug-likeness (QED) is 0.842. The molecular weight excluding hydrogens is 266 g/mol. The second kappa shape index (κ2) is 6.49. The van der Waals surface area contributed by atoms with Gasteiger partial charge in [-0.05, 0) is 19.8 Å². The lowest BCUT2D eigenvalue weighted by Crippen LogP contribution is -2.53. The first-order valence-electron chi connectivity index (χ1n) is 7.73. The molecule has 2 heterocycles. The van der Waals surface area contributed by atoms with Crippen molar-refractivity contribution in [1.29, 1.82) is 0 Å². The molecule has 0 spiro atoms. The van der Waals surface area contributed by atoms with Gasteiger partial charge in [-0.1, -0.05) is 0 Å². The predicted molar refractivity (Wildman–Crippen MR) is 79.5 cm³/mol. The molecule has 1 aliphatic heterocycles. The summed E-state index contributed by atoms with van der Waals surface area (Å²) < 4.78 is 0. The lowest BCUT2D eigenvalue weighted by atomic mass is 10.2. The Balaban J connectivity index is 1.44. The van der Waals surface area contributed by atoms with Crippen LogP contribution >= 0.6 is 0 Å². The number of aromatic nitrogens is 2. The summed E-state index contributed by atoms with van der Waals surface area (Å²) in [5, 5.41) is 3.09. The van der Waals surface area contributed by atoms with Gasteiger partial charge in [0, 0.05) is 56.7 Å². The van der Waals surface area contributed by atoms with Crippen molar-refractivity contribution in [3.8, 4) is 0 Å². The molecule has 6 heteroatoms. The summed E-state index contributed by atoms with van der Waals surface area (Å²) in [6.07, 6.45) is 7.58.